The van der Waals surface area contributed by atoms with Crippen LogP contribution in [0.25, 0.3) is 5.65 Å². The summed E-state index contributed by atoms with van der Waals surface area (Å²) >= 11 is 0. The highest BCUT2D eigenvalue weighted by molar-refractivity contribution is 5.76. The van der Waals surface area contributed by atoms with Crippen LogP contribution in [-0.4, -0.2) is 54.9 Å². The summed E-state index contributed by atoms with van der Waals surface area (Å²) in [5, 5.41) is 24.5. The van der Waals surface area contributed by atoms with Gasteiger partial charge in [0, 0.05) is 36.6 Å². The summed E-state index contributed by atoms with van der Waals surface area (Å²) < 4.78 is 1.82. The van der Waals surface area contributed by atoms with E-state index in [1.165, 1.54) is 0 Å². The molecule has 2 N–H and O–H groups in total. The van der Waals surface area contributed by atoms with Crippen LogP contribution in [-0.2, 0) is 11.3 Å². The van der Waals surface area contributed by atoms with E-state index in [1.807, 2.05) is 37.5 Å². The predicted octanol–water partition coefficient (Wildman–Crippen LogP) is 1.78. The number of aliphatic hydroxyl groups is 1. The van der Waals surface area contributed by atoms with E-state index in [0.29, 0.717) is 32.5 Å². The minimum atomic E-state index is -1.09. The molecule has 0 spiro atoms. The van der Waals surface area contributed by atoms with Crippen LogP contribution in [0.5, 0.6) is 0 Å². The van der Waals surface area contributed by atoms with Gasteiger partial charge in [0.25, 0.3) is 0 Å². The summed E-state index contributed by atoms with van der Waals surface area (Å²) in [6.45, 7) is 7.51. The molecule has 1 saturated heterocycles. The Kier molecular flexibility index (Phi) is 4.79. The third-order valence-corrected chi connectivity index (χ3v) is 5.23. The molecular formula is C18H26N4O3. The third kappa shape index (κ3) is 3.14. The molecule has 0 unspecified atom stereocenters. The van der Waals surface area contributed by atoms with E-state index >= 15 is 0 Å². The number of aliphatic carboxylic acids is 1. The van der Waals surface area contributed by atoms with Gasteiger partial charge in [0.15, 0.2) is 5.65 Å². The molecule has 3 heterocycles. The number of nitrogens with zero attached hydrogens (tertiary/aromatic N) is 4. The minimum absolute atomic E-state index is 0.347. The van der Waals surface area contributed by atoms with Crippen LogP contribution >= 0.6 is 0 Å². The van der Waals surface area contributed by atoms with Crippen LogP contribution in [0.2, 0.25) is 0 Å². The van der Waals surface area contributed by atoms with Gasteiger partial charge in [0.1, 0.15) is 5.41 Å². The number of piperidine rings is 1. The Balaban J connectivity index is 1.87. The van der Waals surface area contributed by atoms with Crippen molar-refractivity contribution >= 4 is 11.6 Å². The molecule has 1 fully saturated rings. The predicted molar refractivity (Wildman–Crippen MR) is 93.3 cm³/mol. The summed E-state index contributed by atoms with van der Waals surface area (Å²) in [7, 11) is 0. The highest BCUT2D eigenvalue weighted by Crippen LogP contribution is 2.36. The molecule has 7 heteroatoms. The van der Waals surface area contributed by atoms with Crippen molar-refractivity contribution in [3.05, 3.63) is 29.2 Å². The van der Waals surface area contributed by atoms with Crippen molar-refractivity contribution in [3.63, 3.8) is 0 Å². The molecule has 136 valence electrons. The third-order valence-electron chi connectivity index (χ3n) is 5.23. The molecule has 1 aliphatic rings. The second-order valence-electron chi connectivity index (χ2n) is 7.17. The molecule has 0 radical (unpaired) electrons. The number of likely N-dealkylation sites (tertiary alicyclic amines) is 1. The first-order chi connectivity index (χ1) is 11.9. The summed E-state index contributed by atoms with van der Waals surface area (Å²) in [4.78, 5) is 18.6. The first kappa shape index (κ1) is 17.8. The van der Waals surface area contributed by atoms with Gasteiger partial charge in [-0.2, -0.15) is 5.10 Å². The highest BCUT2D eigenvalue weighted by atomic mass is 16.4. The summed E-state index contributed by atoms with van der Waals surface area (Å²) in [6, 6.07) is 1.98. The number of aliphatic hydroxyl groups excluding tert-OH is 1. The van der Waals surface area contributed by atoms with Crippen LogP contribution in [0.15, 0.2) is 12.3 Å². The topological polar surface area (TPSA) is 91.0 Å². The van der Waals surface area contributed by atoms with Gasteiger partial charge in [0.05, 0.1) is 12.3 Å². The van der Waals surface area contributed by atoms with Gasteiger partial charge in [-0.15, -0.1) is 0 Å². The van der Waals surface area contributed by atoms with E-state index in [1.54, 1.807) is 0 Å². The molecule has 3 rings (SSSR count). The second-order valence-corrected chi connectivity index (χ2v) is 7.17. The van der Waals surface area contributed by atoms with Crippen LogP contribution in [0.4, 0.5) is 0 Å². The average molecular weight is 346 g/mol. The van der Waals surface area contributed by atoms with Crippen molar-refractivity contribution in [2.24, 2.45) is 5.41 Å². The molecule has 25 heavy (non-hydrogen) atoms. The van der Waals surface area contributed by atoms with Crippen molar-refractivity contribution < 1.29 is 15.0 Å². The van der Waals surface area contributed by atoms with E-state index < -0.39 is 17.5 Å². The van der Waals surface area contributed by atoms with E-state index in [4.69, 9.17) is 0 Å². The number of carboxylic acid groups (broad SMARTS) is 1. The van der Waals surface area contributed by atoms with Gasteiger partial charge in [-0.3, -0.25) is 9.69 Å². The SMILES string of the molecule is CCC[C@@]1(C(=O)O)CN(Cc2cnn3c(C)cc(C)nc23)CC[C@@H]1O. The van der Waals surface area contributed by atoms with E-state index in [2.05, 4.69) is 15.0 Å². The summed E-state index contributed by atoms with van der Waals surface area (Å²) in [5.74, 6) is -0.906. The van der Waals surface area contributed by atoms with E-state index in [9.17, 15) is 15.0 Å². The van der Waals surface area contributed by atoms with Crippen molar-refractivity contribution in [1.82, 2.24) is 19.5 Å². The van der Waals surface area contributed by atoms with E-state index in [-0.39, 0.29) is 0 Å². The maximum absolute atomic E-state index is 11.9. The van der Waals surface area contributed by atoms with Crippen LogP contribution in [0.3, 0.4) is 0 Å². The van der Waals surface area contributed by atoms with E-state index in [0.717, 1.165) is 29.0 Å². The number of aryl methyl sites for hydroxylation is 2. The van der Waals surface area contributed by atoms with Gasteiger partial charge >= 0.3 is 5.97 Å². The average Bonchev–Trinajstić information content (AvgIpc) is 2.93. The number of fused-ring (bicyclic) bond motifs is 1. The molecule has 7 nitrogen and oxygen atoms in total. The first-order valence-corrected chi connectivity index (χ1v) is 8.82. The first-order valence-electron chi connectivity index (χ1n) is 8.82. The fourth-order valence-electron chi connectivity index (χ4n) is 3.98. The monoisotopic (exact) mass is 346 g/mol. The molecule has 2 atom stereocenters. The Bertz CT molecular complexity index is 788. The lowest BCUT2D eigenvalue weighted by molar-refractivity contribution is -0.164. The smallest absolute Gasteiger partial charge is 0.313 e. The Morgan fingerprint density at radius 2 is 2.20 bits per heavy atom. The number of hydrogen-bond donors (Lipinski definition) is 2. The Hall–Kier alpha value is -1.99. The molecule has 2 aromatic rings. The van der Waals surface area contributed by atoms with Crippen molar-refractivity contribution in [2.45, 2.75) is 52.7 Å². The normalized spacial score (nSPS) is 24.7. The van der Waals surface area contributed by atoms with Crippen molar-refractivity contribution in [2.75, 3.05) is 13.1 Å². The maximum atomic E-state index is 11.9. The second kappa shape index (κ2) is 6.72. The highest BCUT2D eigenvalue weighted by Gasteiger charge is 2.48. The lowest BCUT2D eigenvalue weighted by Gasteiger charge is -2.43. The van der Waals surface area contributed by atoms with Gasteiger partial charge in [-0.05, 0) is 32.8 Å². The molecule has 0 aromatic carbocycles. The van der Waals surface area contributed by atoms with Gasteiger partial charge < -0.3 is 10.2 Å². The molecule has 0 amide bonds. The maximum Gasteiger partial charge on any atom is 0.313 e. The standard InChI is InChI=1S/C18H26N4O3/c1-4-6-18(17(24)25)11-21(7-5-15(18)23)10-14-9-19-22-13(3)8-12(2)20-16(14)22/h8-9,15,23H,4-7,10-11H2,1-3H3,(H,24,25)/t15-,18+/m0/s1. The molecule has 0 aliphatic carbocycles. The minimum Gasteiger partial charge on any atom is -0.481 e. The number of aromatic nitrogens is 3. The Morgan fingerprint density at radius 3 is 2.88 bits per heavy atom. The van der Waals surface area contributed by atoms with Gasteiger partial charge in [-0.25, -0.2) is 9.50 Å². The number of rotatable bonds is 5. The van der Waals surface area contributed by atoms with Gasteiger partial charge in [0.2, 0.25) is 0 Å². The zero-order valence-electron chi connectivity index (χ0n) is 15.1. The lowest BCUT2D eigenvalue weighted by Crippen LogP contribution is -2.55. The molecule has 0 bridgehead atoms. The summed E-state index contributed by atoms with van der Waals surface area (Å²) in [5.41, 5.74) is 2.68. The molecule has 2 aromatic heterocycles. The quantitative estimate of drug-likeness (QED) is 0.858. The van der Waals surface area contributed by atoms with Crippen molar-refractivity contribution in [1.29, 1.82) is 0 Å². The summed E-state index contributed by atoms with van der Waals surface area (Å²) in [6.07, 6.45) is 2.69. The fraction of sp³-hybridized carbons (Fsp3) is 0.611. The van der Waals surface area contributed by atoms with Gasteiger partial charge in [-0.1, -0.05) is 13.3 Å². The largest absolute Gasteiger partial charge is 0.481 e. The van der Waals surface area contributed by atoms with Crippen LogP contribution in [0, 0.1) is 19.3 Å². The number of carboxylic acids is 1. The Labute approximate surface area is 147 Å². The Morgan fingerprint density at radius 1 is 1.44 bits per heavy atom. The molecular weight excluding hydrogens is 320 g/mol. The zero-order chi connectivity index (χ0) is 18.2. The molecule has 1 aliphatic heterocycles. The van der Waals surface area contributed by atoms with Crippen LogP contribution in [0.1, 0.15) is 43.1 Å². The number of hydrogen-bond acceptors (Lipinski definition) is 5. The van der Waals surface area contributed by atoms with Crippen LogP contribution < -0.4 is 0 Å². The molecule has 0 saturated carbocycles. The van der Waals surface area contributed by atoms with Crippen molar-refractivity contribution in [3.8, 4) is 0 Å². The zero-order valence-corrected chi connectivity index (χ0v) is 15.1. The lowest BCUT2D eigenvalue weighted by atomic mass is 9.74. The number of carbonyl (C=O) groups is 1. The fourth-order valence-corrected chi connectivity index (χ4v) is 3.98.